The zero-order valence-electron chi connectivity index (χ0n) is 6.75. The lowest BCUT2D eigenvalue weighted by molar-refractivity contribution is 0.471. The van der Waals surface area contributed by atoms with Crippen molar-refractivity contribution < 1.29 is 0 Å². The van der Waals surface area contributed by atoms with Gasteiger partial charge in [0.2, 0.25) is 0 Å². The molecule has 12 heavy (non-hydrogen) atoms. The van der Waals surface area contributed by atoms with Crippen LogP contribution in [0.4, 0.5) is 11.5 Å². The highest BCUT2D eigenvalue weighted by atomic mass is 15.1. The van der Waals surface area contributed by atoms with Gasteiger partial charge in [-0.3, -0.25) is 0 Å². The summed E-state index contributed by atoms with van der Waals surface area (Å²) in [4.78, 5) is 4.14. The van der Waals surface area contributed by atoms with Crippen molar-refractivity contribution in [3.05, 3.63) is 18.3 Å². The Balaban J connectivity index is 1.98. The van der Waals surface area contributed by atoms with Gasteiger partial charge in [0.25, 0.3) is 0 Å². The number of hydrogen-bond donors (Lipinski definition) is 3. The second-order valence-corrected chi connectivity index (χ2v) is 2.98. The van der Waals surface area contributed by atoms with E-state index in [1.54, 1.807) is 6.20 Å². The minimum atomic E-state index is 0.529. The number of nitrogens with one attached hydrogen (secondary N) is 2. The molecule has 1 fully saturated rings. The molecule has 4 nitrogen and oxygen atoms in total. The van der Waals surface area contributed by atoms with Gasteiger partial charge in [0.05, 0.1) is 17.9 Å². The predicted octanol–water partition coefficient (Wildman–Crippen LogP) is 0.0475. The van der Waals surface area contributed by atoms with Crippen LogP contribution in [-0.2, 0) is 0 Å². The largest absolute Gasteiger partial charge is 0.397 e. The van der Waals surface area contributed by atoms with Crippen LogP contribution in [0.3, 0.4) is 0 Å². The molecular weight excluding hydrogens is 152 g/mol. The highest BCUT2D eigenvalue weighted by Crippen LogP contribution is 2.08. The third-order valence-corrected chi connectivity index (χ3v) is 1.92. The molecule has 2 heterocycles. The number of rotatable bonds is 2. The van der Waals surface area contributed by atoms with Gasteiger partial charge in [0.1, 0.15) is 5.82 Å². The van der Waals surface area contributed by atoms with E-state index in [4.69, 9.17) is 5.73 Å². The van der Waals surface area contributed by atoms with Crippen molar-refractivity contribution in [3.8, 4) is 0 Å². The second-order valence-electron chi connectivity index (χ2n) is 2.98. The Bertz CT molecular complexity index is 252. The quantitative estimate of drug-likeness (QED) is 0.578. The van der Waals surface area contributed by atoms with Crippen molar-refractivity contribution in [1.29, 1.82) is 0 Å². The number of aromatic nitrogens is 1. The highest BCUT2D eigenvalue weighted by Gasteiger charge is 2.15. The first-order valence-corrected chi connectivity index (χ1v) is 4.03. The molecule has 4 heteroatoms. The van der Waals surface area contributed by atoms with Crippen molar-refractivity contribution in [2.24, 2.45) is 0 Å². The van der Waals surface area contributed by atoms with E-state index >= 15 is 0 Å². The SMILES string of the molecule is Nc1ccc(NC2CNC2)nc1. The summed E-state index contributed by atoms with van der Waals surface area (Å²) in [5.74, 6) is 0.899. The third-order valence-electron chi connectivity index (χ3n) is 1.92. The lowest BCUT2D eigenvalue weighted by atomic mass is 10.2. The topological polar surface area (TPSA) is 63.0 Å². The maximum Gasteiger partial charge on any atom is 0.126 e. The number of hydrogen-bond acceptors (Lipinski definition) is 4. The number of nitrogens with zero attached hydrogens (tertiary/aromatic N) is 1. The number of nitrogens with two attached hydrogens (primary N) is 1. The standard InChI is InChI=1S/C8H12N4/c9-6-1-2-8(11-3-6)12-7-4-10-5-7/h1-3,7,10H,4-5,9H2,(H,11,12). The summed E-state index contributed by atoms with van der Waals surface area (Å²) in [6, 6.07) is 4.27. The molecule has 1 aliphatic heterocycles. The highest BCUT2D eigenvalue weighted by molar-refractivity contribution is 5.44. The van der Waals surface area contributed by atoms with Gasteiger partial charge in [0, 0.05) is 13.1 Å². The molecule has 0 aromatic carbocycles. The maximum atomic E-state index is 5.50. The first-order chi connectivity index (χ1) is 5.84. The zero-order valence-corrected chi connectivity index (χ0v) is 6.75. The first-order valence-electron chi connectivity index (χ1n) is 4.03. The van der Waals surface area contributed by atoms with Gasteiger partial charge in [-0.2, -0.15) is 0 Å². The molecule has 0 bridgehead atoms. The Morgan fingerprint density at radius 2 is 2.33 bits per heavy atom. The van der Waals surface area contributed by atoms with Gasteiger partial charge in [0.15, 0.2) is 0 Å². The number of anilines is 2. The second kappa shape index (κ2) is 2.98. The van der Waals surface area contributed by atoms with Crippen LogP contribution in [0.2, 0.25) is 0 Å². The Morgan fingerprint density at radius 1 is 1.50 bits per heavy atom. The molecule has 0 atom stereocenters. The molecule has 0 radical (unpaired) electrons. The molecule has 64 valence electrons. The normalized spacial score (nSPS) is 17.0. The first kappa shape index (κ1) is 7.36. The van der Waals surface area contributed by atoms with Crippen molar-refractivity contribution in [1.82, 2.24) is 10.3 Å². The van der Waals surface area contributed by atoms with Crippen LogP contribution < -0.4 is 16.4 Å². The van der Waals surface area contributed by atoms with E-state index in [2.05, 4.69) is 15.6 Å². The zero-order chi connectivity index (χ0) is 8.39. The van der Waals surface area contributed by atoms with E-state index in [-0.39, 0.29) is 0 Å². The fourth-order valence-electron chi connectivity index (χ4n) is 1.09. The Hall–Kier alpha value is -1.29. The Kier molecular flexibility index (Phi) is 1.83. The van der Waals surface area contributed by atoms with Crippen LogP contribution in [0, 0.1) is 0 Å². The summed E-state index contributed by atoms with van der Waals surface area (Å²) in [5.41, 5.74) is 6.20. The lowest BCUT2D eigenvalue weighted by Gasteiger charge is -2.28. The third kappa shape index (κ3) is 1.48. The minimum Gasteiger partial charge on any atom is -0.397 e. The van der Waals surface area contributed by atoms with Gasteiger partial charge < -0.3 is 16.4 Å². The predicted molar refractivity (Wildman–Crippen MR) is 48.9 cm³/mol. The fraction of sp³-hybridized carbons (Fsp3) is 0.375. The Morgan fingerprint density at radius 3 is 2.83 bits per heavy atom. The van der Waals surface area contributed by atoms with Gasteiger partial charge in [-0.25, -0.2) is 4.98 Å². The Labute approximate surface area is 71.2 Å². The maximum absolute atomic E-state index is 5.50. The van der Waals surface area contributed by atoms with Crippen LogP contribution in [0.5, 0.6) is 0 Å². The van der Waals surface area contributed by atoms with Crippen LogP contribution in [0.25, 0.3) is 0 Å². The van der Waals surface area contributed by atoms with Crippen molar-refractivity contribution in [2.45, 2.75) is 6.04 Å². The number of pyridine rings is 1. The van der Waals surface area contributed by atoms with E-state index in [1.807, 2.05) is 12.1 Å². The summed E-state index contributed by atoms with van der Waals surface area (Å²) >= 11 is 0. The van der Waals surface area contributed by atoms with E-state index in [1.165, 1.54) is 0 Å². The smallest absolute Gasteiger partial charge is 0.126 e. The van der Waals surface area contributed by atoms with E-state index in [9.17, 15) is 0 Å². The molecule has 4 N–H and O–H groups in total. The molecular formula is C8H12N4. The molecule has 1 saturated heterocycles. The summed E-state index contributed by atoms with van der Waals surface area (Å²) in [5, 5.41) is 6.45. The van der Waals surface area contributed by atoms with Gasteiger partial charge >= 0.3 is 0 Å². The summed E-state index contributed by atoms with van der Waals surface area (Å²) < 4.78 is 0. The van der Waals surface area contributed by atoms with E-state index in [0.29, 0.717) is 11.7 Å². The molecule has 0 aliphatic carbocycles. The lowest BCUT2D eigenvalue weighted by Crippen LogP contribution is -2.51. The number of nitrogen functional groups attached to an aromatic ring is 1. The monoisotopic (exact) mass is 164 g/mol. The van der Waals surface area contributed by atoms with Crippen LogP contribution in [0.15, 0.2) is 18.3 Å². The van der Waals surface area contributed by atoms with Crippen LogP contribution in [-0.4, -0.2) is 24.1 Å². The molecule has 1 aromatic heterocycles. The average Bonchev–Trinajstić information content (AvgIpc) is 2.00. The molecule has 0 unspecified atom stereocenters. The molecule has 0 amide bonds. The molecule has 1 aromatic rings. The van der Waals surface area contributed by atoms with Gasteiger partial charge in [-0.05, 0) is 12.1 Å². The van der Waals surface area contributed by atoms with Crippen LogP contribution in [0.1, 0.15) is 0 Å². The van der Waals surface area contributed by atoms with Crippen molar-refractivity contribution in [2.75, 3.05) is 24.1 Å². The molecule has 0 spiro atoms. The molecule has 1 aliphatic rings. The summed E-state index contributed by atoms with van der Waals surface area (Å²) in [6.07, 6.45) is 1.66. The average molecular weight is 164 g/mol. The molecule has 0 saturated carbocycles. The molecule has 2 rings (SSSR count). The van der Waals surface area contributed by atoms with Crippen molar-refractivity contribution >= 4 is 11.5 Å². The fourth-order valence-corrected chi connectivity index (χ4v) is 1.09. The van der Waals surface area contributed by atoms with E-state index in [0.717, 1.165) is 18.9 Å². The van der Waals surface area contributed by atoms with E-state index < -0.39 is 0 Å². The van der Waals surface area contributed by atoms with Crippen LogP contribution >= 0.6 is 0 Å². The summed E-state index contributed by atoms with van der Waals surface area (Å²) in [7, 11) is 0. The van der Waals surface area contributed by atoms with Gasteiger partial charge in [-0.15, -0.1) is 0 Å². The van der Waals surface area contributed by atoms with Crippen molar-refractivity contribution in [3.63, 3.8) is 0 Å². The minimum absolute atomic E-state index is 0.529. The summed E-state index contributed by atoms with van der Waals surface area (Å²) in [6.45, 7) is 2.04. The van der Waals surface area contributed by atoms with Gasteiger partial charge in [-0.1, -0.05) is 0 Å².